The van der Waals surface area contributed by atoms with Crippen molar-refractivity contribution in [1.82, 2.24) is 18.7 Å². The van der Waals surface area contributed by atoms with Gasteiger partial charge in [-0.15, -0.1) is 0 Å². The predicted molar refractivity (Wildman–Crippen MR) is 123 cm³/mol. The van der Waals surface area contributed by atoms with E-state index in [9.17, 15) is 19.5 Å². The molecule has 0 fully saturated rings. The fraction of sp³-hybridized carbons (Fsp3) is 0.739. The normalized spacial score (nSPS) is 13.1. The Labute approximate surface area is 183 Å². The number of hydrogen-bond acceptors (Lipinski definition) is 5. The molecular weight excluding hydrogens is 396 g/mol. The molecule has 0 aliphatic heterocycles. The van der Waals surface area contributed by atoms with Crippen LogP contribution in [0.25, 0.3) is 11.2 Å². The van der Waals surface area contributed by atoms with Crippen molar-refractivity contribution < 1.29 is 9.90 Å². The zero-order chi connectivity index (χ0) is 23.3. The summed E-state index contributed by atoms with van der Waals surface area (Å²) in [4.78, 5) is 42.9. The van der Waals surface area contributed by atoms with Crippen LogP contribution in [0.5, 0.6) is 0 Å². The minimum absolute atomic E-state index is 0.168. The highest BCUT2D eigenvalue weighted by Crippen LogP contribution is 2.21. The van der Waals surface area contributed by atoms with Gasteiger partial charge < -0.3 is 9.67 Å². The van der Waals surface area contributed by atoms with Crippen LogP contribution in [0, 0.1) is 5.41 Å². The van der Waals surface area contributed by atoms with Crippen molar-refractivity contribution in [1.29, 1.82) is 0 Å². The summed E-state index contributed by atoms with van der Waals surface area (Å²) in [5.74, 6) is 0.0287. The summed E-state index contributed by atoms with van der Waals surface area (Å²) in [5.41, 5.74) is -0.891. The average molecular weight is 435 g/mol. The number of nitrogens with zero attached hydrogens (tertiary/aromatic N) is 4. The number of imidazole rings is 1. The van der Waals surface area contributed by atoms with Gasteiger partial charge in [0.2, 0.25) is 5.78 Å². The lowest BCUT2D eigenvalue weighted by Gasteiger charge is -2.15. The molecular formula is C23H38N4O4. The second kappa shape index (κ2) is 10.4. The fourth-order valence-electron chi connectivity index (χ4n) is 3.77. The van der Waals surface area contributed by atoms with Gasteiger partial charge in [-0.1, -0.05) is 59.3 Å². The number of aliphatic hydroxyl groups is 1. The van der Waals surface area contributed by atoms with Crippen LogP contribution >= 0.6 is 0 Å². The summed E-state index contributed by atoms with van der Waals surface area (Å²) in [5, 5.41) is 9.27. The minimum Gasteiger partial charge on any atom is -0.393 e. The van der Waals surface area contributed by atoms with Gasteiger partial charge >= 0.3 is 5.69 Å². The highest BCUT2D eigenvalue weighted by molar-refractivity contribution is 5.99. The second-order valence-electron chi connectivity index (χ2n) is 9.66. The molecule has 0 aromatic carbocycles. The van der Waals surface area contributed by atoms with Crippen molar-refractivity contribution in [3.8, 4) is 0 Å². The summed E-state index contributed by atoms with van der Waals surface area (Å²) in [6, 6.07) is 0. The Morgan fingerprint density at radius 3 is 2.06 bits per heavy atom. The van der Waals surface area contributed by atoms with E-state index in [1.807, 2.05) is 6.92 Å². The van der Waals surface area contributed by atoms with Crippen LogP contribution in [-0.4, -0.2) is 35.7 Å². The zero-order valence-corrected chi connectivity index (χ0v) is 19.9. The number of aryl methyl sites for hydroxylation is 2. The second-order valence-corrected chi connectivity index (χ2v) is 9.66. The first-order valence-electron chi connectivity index (χ1n) is 11.4. The number of Topliss-reactive ketones (excluding diaryl/α,β-unsaturated/α-hetero) is 1. The van der Waals surface area contributed by atoms with Gasteiger partial charge in [0.25, 0.3) is 5.56 Å². The van der Waals surface area contributed by atoms with E-state index in [0.717, 1.165) is 51.4 Å². The van der Waals surface area contributed by atoms with Crippen molar-refractivity contribution in [2.75, 3.05) is 0 Å². The van der Waals surface area contributed by atoms with Crippen LogP contribution in [0.1, 0.15) is 89.7 Å². The number of fused-ring (bicyclic) bond motifs is 1. The first-order valence-corrected chi connectivity index (χ1v) is 11.4. The molecule has 2 rings (SSSR count). The maximum absolute atomic E-state index is 13.1. The third-order valence-corrected chi connectivity index (χ3v) is 5.75. The Bertz CT molecular complexity index is 1020. The summed E-state index contributed by atoms with van der Waals surface area (Å²) >= 11 is 0. The van der Waals surface area contributed by atoms with Crippen LogP contribution < -0.4 is 11.2 Å². The number of rotatable bonds is 11. The summed E-state index contributed by atoms with van der Waals surface area (Å²) in [7, 11) is 3.24. The van der Waals surface area contributed by atoms with E-state index in [4.69, 9.17) is 0 Å². The van der Waals surface area contributed by atoms with Gasteiger partial charge in [-0.05, 0) is 19.8 Å². The minimum atomic E-state index is -0.636. The van der Waals surface area contributed by atoms with Crippen molar-refractivity contribution >= 4 is 16.9 Å². The lowest BCUT2D eigenvalue weighted by atomic mass is 9.90. The van der Waals surface area contributed by atoms with Gasteiger partial charge in [0.15, 0.2) is 17.0 Å². The number of carbonyl (C=O) groups is 1. The predicted octanol–water partition coefficient (Wildman–Crippen LogP) is 3.16. The zero-order valence-electron chi connectivity index (χ0n) is 19.9. The Balaban J connectivity index is 2.09. The Morgan fingerprint density at radius 1 is 0.968 bits per heavy atom. The molecule has 1 unspecified atom stereocenters. The van der Waals surface area contributed by atoms with E-state index in [0.29, 0.717) is 6.54 Å². The molecule has 2 heterocycles. The lowest BCUT2D eigenvalue weighted by Crippen LogP contribution is -2.39. The SMILES string of the molecule is CC(O)CCCCCCCCCn1c(=O)c2c(nc(C(=O)C(C)(C)C)n2C)n(C)c1=O. The van der Waals surface area contributed by atoms with Crippen LogP contribution in [0.15, 0.2) is 9.59 Å². The maximum atomic E-state index is 13.1. The van der Waals surface area contributed by atoms with Crippen molar-refractivity contribution in [3.05, 3.63) is 26.7 Å². The van der Waals surface area contributed by atoms with E-state index in [1.165, 1.54) is 13.7 Å². The largest absolute Gasteiger partial charge is 0.393 e. The van der Waals surface area contributed by atoms with Gasteiger partial charge in [0.05, 0.1) is 6.10 Å². The third kappa shape index (κ3) is 5.93. The highest BCUT2D eigenvalue weighted by atomic mass is 16.3. The Morgan fingerprint density at radius 2 is 1.52 bits per heavy atom. The van der Waals surface area contributed by atoms with E-state index >= 15 is 0 Å². The standard InChI is InChI=1S/C23H38N4O4/c1-16(28)14-12-10-8-7-9-11-13-15-27-21(30)17-19(26(6)22(27)31)24-20(25(17)5)18(29)23(2,3)4/h16,28H,7-15H2,1-6H3. The molecule has 2 aromatic rings. The molecule has 0 radical (unpaired) electrons. The molecule has 0 saturated carbocycles. The number of aliphatic hydroxyl groups excluding tert-OH is 1. The Kier molecular flexibility index (Phi) is 8.40. The topological polar surface area (TPSA) is 99.1 Å². The molecule has 8 heteroatoms. The van der Waals surface area contributed by atoms with E-state index < -0.39 is 11.1 Å². The highest BCUT2D eigenvalue weighted by Gasteiger charge is 2.29. The summed E-state index contributed by atoms with van der Waals surface area (Å²) in [6.45, 7) is 7.59. The van der Waals surface area contributed by atoms with Gasteiger partial charge in [-0.3, -0.25) is 18.7 Å². The third-order valence-electron chi connectivity index (χ3n) is 5.75. The van der Waals surface area contributed by atoms with E-state index in [1.54, 1.807) is 34.9 Å². The number of hydrogen-bond donors (Lipinski definition) is 1. The Hall–Kier alpha value is -2.22. The molecule has 31 heavy (non-hydrogen) atoms. The van der Waals surface area contributed by atoms with Crippen LogP contribution in [-0.2, 0) is 20.6 Å². The van der Waals surface area contributed by atoms with E-state index in [2.05, 4.69) is 4.98 Å². The molecule has 0 bridgehead atoms. The van der Waals surface area contributed by atoms with Crippen LogP contribution in [0.3, 0.4) is 0 Å². The molecule has 174 valence electrons. The first kappa shape index (κ1) is 25.0. The molecule has 0 amide bonds. The maximum Gasteiger partial charge on any atom is 0.332 e. The number of ketones is 1. The molecule has 1 atom stereocenters. The molecule has 0 spiro atoms. The molecule has 0 saturated heterocycles. The fourth-order valence-corrected chi connectivity index (χ4v) is 3.77. The summed E-state index contributed by atoms with van der Waals surface area (Å²) in [6.07, 6.45) is 7.81. The van der Waals surface area contributed by atoms with Gasteiger partial charge in [-0.25, -0.2) is 9.78 Å². The quantitative estimate of drug-likeness (QED) is 0.433. The average Bonchev–Trinajstić information content (AvgIpc) is 3.03. The summed E-state index contributed by atoms with van der Waals surface area (Å²) < 4.78 is 4.14. The smallest absolute Gasteiger partial charge is 0.332 e. The first-order chi connectivity index (χ1) is 14.5. The van der Waals surface area contributed by atoms with Gasteiger partial charge in [0.1, 0.15) is 0 Å². The van der Waals surface area contributed by atoms with Crippen molar-refractivity contribution in [2.24, 2.45) is 19.5 Å². The van der Waals surface area contributed by atoms with Gasteiger partial charge in [-0.2, -0.15) is 0 Å². The molecule has 1 N–H and O–H groups in total. The molecule has 2 aromatic heterocycles. The van der Waals surface area contributed by atoms with Gasteiger partial charge in [0, 0.05) is 26.1 Å². The van der Waals surface area contributed by atoms with Crippen LogP contribution in [0.2, 0.25) is 0 Å². The number of aromatic nitrogens is 4. The van der Waals surface area contributed by atoms with Crippen molar-refractivity contribution in [2.45, 2.75) is 91.7 Å². The molecule has 0 aliphatic rings. The molecule has 0 aliphatic carbocycles. The molecule has 8 nitrogen and oxygen atoms in total. The van der Waals surface area contributed by atoms with Crippen LogP contribution in [0.4, 0.5) is 0 Å². The number of unbranched alkanes of at least 4 members (excludes halogenated alkanes) is 6. The monoisotopic (exact) mass is 434 g/mol. The lowest BCUT2D eigenvalue weighted by molar-refractivity contribution is 0.0844. The van der Waals surface area contributed by atoms with E-state index in [-0.39, 0.29) is 34.4 Å². The number of carbonyl (C=O) groups excluding carboxylic acids is 1. The van der Waals surface area contributed by atoms with Crippen molar-refractivity contribution in [3.63, 3.8) is 0 Å².